The first-order valence-corrected chi connectivity index (χ1v) is 6.29. The number of hydrogen-bond donors (Lipinski definition) is 1. The molecule has 4 heteroatoms. The lowest BCUT2D eigenvalue weighted by atomic mass is 10.1. The topological polar surface area (TPSA) is 32.3 Å². The Morgan fingerprint density at radius 1 is 1.47 bits per heavy atom. The third kappa shape index (κ3) is 3.20. The highest BCUT2D eigenvalue weighted by atomic mass is 35.5. The standard InChI is InChI=1S/C13H17ClN2O/c1-10-9-15-6-7-16(10)13(17)8-11-2-4-12(14)5-3-11/h2-5,10,15H,6-9H2,1H3. The van der Waals surface area contributed by atoms with Crippen molar-refractivity contribution in [3.8, 4) is 0 Å². The van der Waals surface area contributed by atoms with Crippen LogP contribution < -0.4 is 5.32 Å². The average molecular weight is 253 g/mol. The molecule has 1 aliphatic heterocycles. The molecule has 0 spiro atoms. The van der Waals surface area contributed by atoms with Gasteiger partial charge in [0, 0.05) is 30.7 Å². The Labute approximate surface area is 107 Å². The molecule has 1 aromatic carbocycles. The first-order chi connectivity index (χ1) is 8.16. The highest BCUT2D eigenvalue weighted by Crippen LogP contribution is 2.12. The number of piperazine rings is 1. The van der Waals surface area contributed by atoms with Gasteiger partial charge >= 0.3 is 0 Å². The van der Waals surface area contributed by atoms with Crippen LogP contribution >= 0.6 is 11.6 Å². The molecule has 1 aromatic rings. The van der Waals surface area contributed by atoms with Gasteiger partial charge in [0.05, 0.1) is 6.42 Å². The Kier molecular flexibility index (Phi) is 4.02. The Morgan fingerprint density at radius 3 is 2.82 bits per heavy atom. The second kappa shape index (κ2) is 5.52. The molecule has 1 unspecified atom stereocenters. The van der Waals surface area contributed by atoms with E-state index in [2.05, 4.69) is 12.2 Å². The molecule has 1 heterocycles. The van der Waals surface area contributed by atoms with Gasteiger partial charge in [0.15, 0.2) is 0 Å². The smallest absolute Gasteiger partial charge is 0.227 e. The molecule has 0 aliphatic carbocycles. The number of carbonyl (C=O) groups excluding carboxylic acids is 1. The van der Waals surface area contributed by atoms with E-state index in [1.807, 2.05) is 29.2 Å². The zero-order valence-electron chi connectivity index (χ0n) is 9.95. The van der Waals surface area contributed by atoms with Crippen LogP contribution in [-0.2, 0) is 11.2 Å². The first-order valence-electron chi connectivity index (χ1n) is 5.91. The zero-order valence-corrected chi connectivity index (χ0v) is 10.7. The van der Waals surface area contributed by atoms with Crippen LogP contribution in [0.4, 0.5) is 0 Å². The summed E-state index contributed by atoms with van der Waals surface area (Å²) in [5, 5.41) is 3.98. The molecular formula is C13H17ClN2O. The summed E-state index contributed by atoms with van der Waals surface area (Å²) in [4.78, 5) is 14.1. The lowest BCUT2D eigenvalue weighted by Crippen LogP contribution is -2.52. The van der Waals surface area contributed by atoms with Crippen LogP contribution in [0.25, 0.3) is 0 Å². The fourth-order valence-electron chi connectivity index (χ4n) is 2.09. The quantitative estimate of drug-likeness (QED) is 0.869. The maximum atomic E-state index is 12.1. The summed E-state index contributed by atoms with van der Waals surface area (Å²) in [5.74, 6) is 0.196. The van der Waals surface area contributed by atoms with Gasteiger partial charge in [-0.25, -0.2) is 0 Å². The van der Waals surface area contributed by atoms with Gasteiger partial charge in [-0.15, -0.1) is 0 Å². The molecule has 0 saturated carbocycles. The van der Waals surface area contributed by atoms with E-state index in [9.17, 15) is 4.79 Å². The van der Waals surface area contributed by atoms with Gasteiger partial charge in [0.25, 0.3) is 0 Å². The third-order valence-corrected chi connectivity index (χ3v) is 3.34. The van der Waals surface area contributed by atoms with Crippen LogP contribution in [0, 0.1) is 0 Å². The van der Waals surface area contributed by atoms with Gasteiger partial charge in [-0.05, 0) is 24.6 Å². The molecule has 1 amide bonds. The van der Waals surface area contributed by atoms with Gasteiger partial charge in [-0.2, -0.15) is 0 Å². The molecule has 1 aliphatic rings. The molecule has 1 saturated heterocycles. The van der Waals surface area contributed by atoms with Crippen molar-refractivity contribution in [2.75, 3.05) is 19.6 Å². The van der Waals surface area contributed by atoms with Crippen molar-refractivity contribution < 1.29 is 4.79 Å². The fraction of sp³-hybridized carbons (Fsp3) is 0.462. The van der Waals surface area contributed by atoms with Crippen LogP contribution in [-0.4, -0.2) is 36.5 Å². The van der Waals surface area contributed by atoms with Crippen molar-refractivity contribution in [3.63, 3.8) is 0 Å². The number of rotatable bonds is 2. The summed E-state index contributed by atoms with van der Waals surface area (Å²) in [7, 11) is 0. The molecular weight excluding hydrogens is 236 g/mol. The minimum Gasteiger partial charge on any atom is -0.337 e. The van der Waals surface area contributed by atoms with Crippen LogP contribution in [0.5, 0.6) is 0 Å². The molecule has 2 rings (SSSR count). The van der Waals surface area contributed by atoms with Gasteiger partial charge < -0.3 is 10.2 Å². The van der Waals surface area contributed by atoms with E-state index in [0.29, 0.717) is 11.4 Å². The zero-order chi connectivity index (χ0) is 12.3. The number of hydrogen-bond acceptors (Lipinski definition) is 2. The van der Waals surface area contributed by atoms with E-state index < -0.39 is 0 Å². The average Bonchev–Trinajstić information content (AvgIpc) is 2.32. The second-order valence-electron chi connectivity index (χ2n) is 4.44. The van der Waals surface area contributed by atoms with Crippen molar-refractivity contribution in [3.05, 3.63) is 34.9 Å². The highest BCUT2D eigenvalue weighted by Gasteiger charge is 2.22. The predicted octanol–water partition coefficient (Wildman–Crippen LogP) is 1.70. The van der Waals surface area contributed by atoms with Crippen LogP contribution in [0.2, 0.25) is 5.02 Å². The maximum Gasteiger partial charge on any atom is 0.227 e. The largest absolute Gasteiger partial charge is 0.337 e. The third-order valence-electron chi connectivity index (χ3n) is 3.09. The molecule has 17 heavy (non-hydrogen) atoms. The summed E-state index contributed by atoms with van der Waals surface area (Å²) >= 11 is 5.82. The molecule has 0 bridgehead atoms. The normalized spacial score (nSPS) is 20.4. The Balaban J connectivity index is 1.98. The SMILES string of the molecule is CC1CNCCN1C(=O)Cc1ccc(Cl)cc1. The maximum absolute atomic E-state index is 12.1. The minimum absolute atomic E-state index is 0.196. The number of amides is 1. The summed E-state index contributed by atoms with van der Waals surface area (Å²) in [6.07, 6.45) is 0.460. The summed E-state index contributed by atoms with van der Waals surface area (Å²) in [6, 6.07) is 7.75. The van der Waals surface area contributed by atoms with Crippen LogP contribution in [0.15, 0.2) is 24.3 Å². The first kappa shape index (κ1) is 12.4. The number of nitrogens with one attached hydrogen (secondary N) is 1. The second-order valence-corrected chi connectivity index (χ2v) is 4.88. The molecule has 0 aromatic heterocycles. The van der Waals surface area contributed by atoms with Crippen molar-refractivity contribution >= 4 is 17.5 Å². The molecule has 0 radical (unpaired) electrons. The lowest BCUT2D eigenvalue weighted by molar-refractivity contribution is -0.133. The van der Waals surface area contributed by atoms with Crippen LogP contribution in [0.3, 0.4) is 0 Å². The molecule has 1 atom stereocenters. The van der Waals surface area contributed by atoms with E-state index in [-0.39, 0.29) is 11.9 Å². The minimum atomic E-state index is 0.196. The van der Waals surface area contributed by atoms with Crippen molar-refractivity contribution in [2.45, 2.75) is 19.4 Å². The lowest BCUT2D eigenvalue weighted by Gasteiger charge is -2.34. The van der Waals surface area contributed by atoms with E-state index >= 15 is 0 Å². The number of halogens is 1. The van der Waals surface area contributed by atoms with Gasteiger partial charge in [0.2, 0.25) is 5.91 Å². The Morgan fingerprint density at radius 2 is 2.18 bits per heavy atom. The number of carbonyl (C=O) groups is 1. The van der Waals surface area contributed by atoms with Gasteiger partial charge in [-0.1, -0.05) is 23.7 Å². The Hall–Kier alpha value is -1.06. The highest BCUT2D eigenvalue weighted by molar-refractivity contribution is 6.30. The summed E-state index contributed by atoms with van der Waals surface area (Å²) in [5.41, 5.74) is 1.02. The molecule has 3 nitrogen and oxygen atoms in total. The summed E-state index contributed by atoms with van der Waals surface area (Å²) in [6.45, 7) is 4.64. The molecule has 1 fully saturated rings. The van der Waals surface area contributed by atoms with Crippen molar-refractivity contribution in [1.82, 2.24) is 10.2 Å². The molecule has 92 valence electrons. The van der Waals surface area contributed by atoms with Crippen LogP contribution in [0.1, 0.15) is 12.5 Å². The van der Waals surface area contributed by atoms with Crippen molar-refractivity contribution in [2.24, 2.45) is 0 Å². The molecule has 1 N–H and O–H groups in total. The van der Waals surface area contributed by atoms with Crippen molar-refractivity contribution in [1.29, 1.82) is 0 Å². The van der Waals surface area contributed by atoms with E-state index in [1.165, 1.54) is 0 Å². The van der Waals surface area contributed by atoms with Gasteiger partial charge in [0.1, 0.15) is 0 Å². The van der Waals surface area contributed by atoms with E-state index in [1.54, 1.807) is 0 Å². The monoisotopic (exact) mass is 252 g/mol. The van der Waals surface area contributed by atoms with E-state index in [0.717, 1.165) is 25.2 Å². The van der Waals surface area contributed by atoms with E-state index in [4.69, 9.17) is 11.6 Å². The van der Waals surface area contributed by atoms with Gasteiger partial charge in [-0.3, -0.25) is 4.79 Å². The number of nitrogens with zero attached hydrogens (tertiary/aromatic N) is 1. The Bertz CT molecular complexity index is 391. The fourth-order valence-corrected chi connectivity index (χ4v) is 2.22. The predicted molar refractivity (Wildman–Crippen MR) is 69.2 cm³/mol. The number of benzene rings is 1. The summed E-state index contributed by atoms with van der Waals surface area (Å²) < 4.78 is 0.